The Hall–Kier alpha value is -1.44. The lowest BCUT2D eigenvalue weighted by Crippen LogP contribution is -2.41. The quantitative estimate of drug-likeness (QED) is 0.177. The van der Waals surface area contributed by atoms with E-state index in [0.29, 0.717) is 6.42 Å². The lowest BCUT2D eigenvalue weighted by molar-refractivity contribution is -0.0616. The van der Waals surface area contributed by atoms with Crippen LogP contribution in [0.4, 0.5) is 11.5 Å². The van der Waals surface area contributed by atoms with E-state index < -0.39 is 35.2 Å². The molecule has 1 aliphatic rings. The summed E-state index contributed by atoms with van der Waals surface area (Å²) in [6.45, 7) is 1.53. The third kappa shape index (κ3) is 4.70. The Labute approximate surface area is 162 Å². The molecule has 11 nitrogen and oxygen atoms in total. The number of nitroso groups, excluding NO2 is 1. The highest BCUT2D eigenvalue weighted by molar-refractivity contribution is 7.84. The number of rotatable bonds is 9. The second-order valence-corrected chi connectivity index (χ2v) is 7.75. The van der Waals surface area contributed by atoms with E-state index in [4.69, 9.17) is 27.2 Å². The van der Waals surface area contributed by atoms with E-state index in [2.05, 4.69) is 15.3 Å². The van der Waals surface area contributed by atoms with Crippen molar-refractivity contribution in [3.8, 4) is 0 Å². The number of ether oxygens (including phenoxy) is 1. The molecule has 5 atom stereocenters. The number of nitrogen functional groups attached to an aromatic ring is 1. The van der Waals surface area contributed by atoms with Crippen molar-refractivity contribution >= 4 is 33.9 Å². The van der Waals surface area contributed by atoms with Crippen LogP contribution in [-0.2, 0) is 15.5 Å². The minimum absolute atomic E-state index is 0.0164. The number of nitrogens with two attached hydrogens (primary N) is 1. The van der Waals surface area contributed by atoms with Crippen molar-refractivity contribution in [3.63, 3.8) is 0 Å². The number of hydrogen-bond acceptors (Lipinski definition) is 10. The molecule has 5 N–H and O–H groups in total. The Morgan fingerprint density at radius 2 is 2.11 bits per heavy atom. The van der Waals surface area contributed by atoms with Crippen molar-refractivity contribution in [2.45, 2.75) is 49.3 Å². The summed E-state index contributed by atoms with van der Waals surface area (Å²) in [5, 5.41) is 32.6. The zero-order valence-corrected chi connectivity index (χ0v) is 16.1. The normalized spacial score (nSPS) is 26.1. The maximum atomic E-state index is 12.2. The largest absolute Gasteiger partial charge is 0.394 e. The Bertz CT molecular complexity index is 698. The summed E-state index contributed by atoms with van der Waals surface area (Å²) >= 11 is 5.99. The summed E-state index contributed by atoms with van der Waals surface area (Å²) in [5.41, 5.74) is 5.69. The molecule has 0 aliphatic heterocycles. The van der Waals surface area contributed by atoms with E-state index in [1.807, 2.05) is 6.92 Å². The average molecular weight is 424 g/mol. The van der Waals surface area contributed by atoms with Crippen molar-refractivity contribution in [2.75, 3.05) is 29.7 Å². The second-order valence-electron chi connectivity index (χ2n) is 5.93. The Morgan fingerprint density at radius 1 is 1.41 bits per heavy atom. The monoisotopic (exact) mass is 423 g/mol. The summed E-state index contributed by atoms with van der Waals surface area (Å²) in [4.78, 5) is 19.4. The minimum Gasteiger partial charge on any atom is -0.394 e. The molecular weight excluding hydrogens is 402 g/mol. The van der Waals surface area contributed by atoms with Crippen LogP contribution in [0.3, 0.4) is 0 Å². The molecule has 1 aliphatic carbocycles. The fourth-order valence-electron chi connectivity index (χ4n) is 2.80. The number of aliphatic hydroxyl groups excluding tert-OH is 3. The molecule has 0 aromatic carbocycles. The molecule has 2 rings (SSSR count). The summed E-state index contributed by atoms with van der Waals surface area (Å²) in [7, 11) is -1.56. The van der Waals surface area contributed by atoms with Gasteiger partial charge >= 0.3 is 0 Å². The minimum atomic E-state index is -1.56. The highest BCUT2D eigenvalue weighted by Crippen LogP contribution is 2.35. The smallest absolute Gasteiger partial charge is 0.222 e. The van der Waals surface area contributed by atoms with E-state index in [-0.39, 0.29) is 47.2 Å². The second kappa shape index (κ2) is 9.66. The summed E-state index contributed by atoms with van der Waals surface area (Å²) in [6, 6.07) is -1.01. The summed E-state index contributed by atoms with van der Waals surface area (Å²) in [5.74, 6) is 0.0827. The third-order valence-corrected chi connectivity index (χ3v) is 5.75. The number of nitrogens with zero attached hydrogens (tertiary/aromatic N) is 4. The Balaban J connectivity index is 2.36. The van der Waals surface area contributed by atoms with Gasteiger partial charge in [-0.3, -0.25) is 4.21 Å². The van der Waals surface area contributed by atoms with Gasteiger partial charge in [-0.1, -0.05) is 18.5 Å². The molecule has 152 valence electrons. The standard InChI is InChI=1S/C14H22ClN5O6S/c1-2-5-27(25)14-17-12(15)9(16)13(18-14)20(19-24)7-6-8(26-4-3-21)11(23)10(7)22/h7-8,10-11,21-23H,2-6,16H2,1H3. The van der Waals surface area contributed by atoms with E-state index >= 15 is 0 Å². The fraction of sp³-hybridized carbons (Fsp3) is 0.714. The van der Waals surface area contributed by atoms with Gasteiger partial charge in [-0.2, -0.15) is 4.98 Å². The van der Waals surface area contributed by atoms with Gasteiger partial charge in [0.2, 0.25) is 5.16 Å². The van der Waals surface area contributed by atoms with Crippen molar-refractivity contribution in [3.05, 3.63) is 10.1 Å². The van der Waals surface area contributed by atoms with Crippen LogP contribution in [0, 0.1) is 4.91 Å². The molecule has 1 aromatic rings. The van der Waals surface area contributed by atoms with Gasteiger partial charge in [0.05, 0.1) is 41.4 Å². The SMILES string of the molecule is CCCS(=O)c1nc(Cl)c(N)c(N(N=O)C2CC(OCCO)C(O)C2O)n1. The molecule has 27 heavy (non-hydrogen) atoms. The number of aliphatic hydroxyl groups is 3. The number of aromatic nitrogens is 2. The van der Waals surface area contributed by atoms with Gasteiger partial charge in [0.25, 0.3) is 0 Å². The third-order valence-electron chi connectivity index (χ3n) is 4.09. The first-order valence-corrected chi connectivity index (χ1v) is 9.97. The van der Waals surface area contributed by atoms with Crippen molar-refractivity contribution in [1.29, 1.82) is 0 Å². The molecule has 1 fully saturated rings. The first kappa shape index (κ1) is 21.9. The average Bonchev–Trinajstić information content (AvgIpc) is 2.92. The van der Waals surface area contributed by atoms with E-state index in [1.165, 1.54) is 0 Å². The molecule has 5 unspecified atom stereocenters. The van der Waals surface area contributed by atoms with Gasteiger partial charge in [-0.05, 0) is 6.42 Å². The molecular formula is C14H22ClN5O6S. The molecule has 0 spiro atoms. The Kier molecular flexibility index (Phi) is 7.82. The zero-order valence-electron chi connectivity index (χ0n) is 14.6. The van der Waals surface area contributed by atoms with E-state index in [1.54, 1.807) is 0 Å². The molecule has 1 heterocycles. The van der Waals surface area contributed by atoms with Crippen LogP contribution >= 0.6 is 11.6 Å². The summed E-state index contributed by atoms with van der Waals surface area (Å²) < 4.78 is 17.5. The maximum Gasteiger partial charge on any atom is 0.222 e. The fourth-order valence-corrected chi connectivity index (χ4v) is 3.95. The van der Waals surface area contributed by atoms with Gasteiger partial charge < -0.3 is 25.8 Å². The van der Waals surface area contributed by atoms with Gasteiger partial charge in [0.1, 0.15) is 17.9 Å². The molecule has 1 aromatic heterocycles. The van der Waals surface area contributed by atoms with Crippen LogP contribution in [0.25, 0.3) is 0 Å². The topological polar surface area (TPSA) is 171 Å². The lowest BCUT2D eigenvalue weighted by atomic mass is 10.2. The van der Waals surface area contributed by atoms with Gasteiger partial charge in [-0.15, -0.1) is 4.91 Å². The molecule has 0 saturated heterocycles. The first-order valence-electron chi connectivity index (χ1n) is 8.28. The molecule has 13 heteroatoms. The maximum absolute atomic E-state index is 12.2. The van der Waals surface area contributed by atoms with Crippen LogP contribution in [0.15, 0.2) is 10.4 Å². The van der Waals surface area contributed by atoms with Crippen LogP contribution < -0.4 is 10.7 Å². The first-order chi connectivity index (χ1) is 12.8. The van der Waals surface area contributed by atoms with Gasteiger partial charge in [-0.25, -0.2) is 9.99 Å². The van der Waals surface area contributed by atoms with Gasteiger partial charge in [0.15, 0.2) is 11.0 Å². The van der Waals surface area contributed by atoms with Crippen molar-refractivity contribution < 1.29 is 24.3 Å². The predicted octanol–water partition coefficient (Wildman–Crippen LogP) is -0.411. The van der Waals surface area contributed by atoms with E-state index in [0.717, 1.165) is 5.01 Å². The lowest BCUT2D eigenvalue weighted by Gasteiger charge is -2.25. The van der Waals surface area contributed by atoms with Crippen LogP contribution in [0.2, 0.25) is 5.15 Å². The predicted molar refractivity (Wildman–Crippen MR) is 98.5 cm³/mol. The molecule has 0 bridgehead atoms. The molecule has 1 saturated carbocycles. The number of anilines is 2. The van der Waals surface area contributed by atoms with Crippen LogP contribution in [-0.4, -0.2) is 72.8 Å². The molecule has 0 radical (unpaired) electrons. The number of hydrogen-bond donors (Lipinski definition) is 4. The number of halogens is 1. The van der Waals surface area contributed by atoms with Crippen molar-refractivity contribution in [2.24, 2.45) is 5.29 Å². The van der Waals surface area contributed by atoms with E-state index in [9.17, 15) is 19.3 Å². The van der Waals surface area contributed by atoms with Crippen molar-refractivity contribution in [1.82, 2.24) is 9.97 Å². The Morgan fingerprint density at radius 3 is 2.70 bits per heavy atom. The highest BCUT2D eigenvalue weighted by Gasteiger charge is 2.47. The molecule has 0 amide bonds. The van der Waals surface area contributed by atoms with Gasteiger partial charge in [0, 0.05) is 12.2 Å². The summed E-state index contributed by atoms with van der Waals surface area (Å²) in [6.07, 6.45) is -2.90. The van der Waals surface area contributed by atoms with Crippen LogP contribution in [0.5, 0.6) is 0 Å². The highest BCUT2D eigenvalue weighted by atomic mass is 35.5. The zero-order chi connectivity index (χ0) is 20.1. The van der Waals surface area contributed by atoms with Crippen LogP contribution in [0.1, 0.15) is 19.8 Å².